The Hall–Kier alpha value is -0.370. The van der Waals surface area contributed by atoms with E-state index in [2.05, 4.69) is 18.7 Å². The standard InChI is InChI=1S/C17H35NO/c1-6-7-8-9-10-11-12-15(2)13-17(16(3)19)14-18(4)5/h15,17H,6-14H2,1-5H3. The molecular weight excluding hydrogens is 234 g/mol. The second-order valence-electron chi connectivity index (χ2n) is 6.47. The number of hydrogen-bond acceptors (Lipinski definition) is 2. The highest BCUT2D eigenvalue weighted by atomic mass is 16.1. The number of carbonyl (C=O) groups excluding carboxylic acids is 1. The molecule has 0 aliphatic heterocycles. The SMILES string of the molecule is CCCCCCCCC(C)CC(CN(C)C)C(C)=O. The number of rotatable bonds is 12. The van der Waals surface area contributed by atoms with E-state index >= 15 is 0 Å². The van der Waals surface area contributed by atoms with Crippen LogP contribution in [0.15, 0.2) is 0 Å². The van der Waals surface area contributed by atoms with Gasteiger partial charge in [-0.05, 0) is 33.4 Å². The second kappa shape index (κ2) is 11.5. The normalized spacial score (nSPS) is 14.6. The molecular formula is C17H35NO. The van der Waals surface area contributed by atoms with Crippen LogP contribution >= 0.6 is 0 Å². The Kier molecular flexibility index (Phi) is 11.2. The lowest BCUT2D eigenvalue weighted by Crippen LogP contribution is -2.28. The molecule has 0 rings (SSSR count). The van der Waals surface area contributed by atoms with Crippen molar-refractivity contribution < 1.29 is 4.79 Å². The van der Waals surface area contributed by atoms with Gasteiger partial charge in [-0.3, -0.25) is 4.79 Å². The van der Waals surface area contributed by atoms with Gasteiger partial charge in [0, 0.05) is 12.5 Å². The summed E-state index contributed by atoms with van der Waals surface area (Å²) in [6.45, 7) is 7.20. The summed E-state index contributed by atoms with van der Waals surface area (Å²) in [5, 5.41) is 0. The molecule has 0 heterocycles. The first-order valence-corrected chi connectivity index (χ1v) is 8.12. The van der Waals surface area contributed by atoms with Gasteiger partial charge in [0.25, 0.3) is 0 Å². The molecule has 0 amide bonds. The summed E-state index contributed by atoms with van der Waals surface area (Å²) in [5.74, 6) is 1.26. The molecule has 0 aromatic rings. The van der Waals surface area contributed by atoms with Gasteiger partial charge in [0.05, 0.1) is 0 Å². The van der Waals surface area contributed by atoms with Crippen LogP contribution in [-0.2, 0) is 4.79 Å². The first-order valence-electron chi connectivity index (χ1n) is 8.12. The number of unbranched alkanes of at least 4 members (excludes halogenated alkanes) is 5. The van der Waals surface area contributed by atoms with E-state index in [9.17, 15) is 4.79 Å². The molecule has 0 radical (unpaired) electrons. The molecule has 19 heavy (non-hydrogen) atoms. The van der Waals surface area contributed by atoms with Gasteiger partial charge in [0.15, 0.2) is 0 Å². The second-order valence-corrected chi connectivity index (χ2v) is 6.47. The average molecular weight is 269 g/mol. The fourth-order valence-corrected chi connectivity index (χ4v) is 2.69. The molecule has 0 aliphatic carbocycles. The summed E-state index contributed by atoms with van der Waals surface area (Å²) in [4.78, 5) is 13.8. The van der Waals surface area contributed by atoms with Crippen molar-refractivity contribution in [2.24, 2.45) is 11.8 Å². The van der Waals surface area contributed by atoms with Crippen LogP contribution in [0.5, 0.6) is 0 Å². The smallest absolute Gasteiger partial charge is 0.134 e. The van der Waals surface area contributed by atoms with Crippen LogP contribution in [0.1, 0.15) is 72.1 Å². The lowest BCUT2D eigenvalue weighted by atomic mass is 9.89. The molecule has 2 atom stereocenters. The maximum atomic E-state index is 11.6. The highest BCUT2D eigenvalue weighted by Crippen LogP contribution is 2.20. The lowest BCUT2D eigenvalue weighted by molar-refractivity contribution is -0.121. The molecule has 0 fully saturated rings. The van der Waals surface area contributed by atoms with Crippen molar-refractivity contribution in [3.8, 4) is 0 Å². The minimum atomic E-state index is 0.227. The number of hydrogen-bond donors (Lipinski definition) is 0. The Balaban J connectivity index is 3.74. The Morgan fingerprint density at radius 3 is 2.16 bits per heavy atom. The van der Waals surface area contributed by atoms with E-state index in [1.54, 1.807) is 6.92 Å². The summed E-state index contributed by atoms with van der Waals surface area (Å²) in [7, 11) is 4.10. The molecule has 0 spiro atoms. The zero-order valence-corrected chi connectivity index (χ0v) is 13.9. The third-order valence-corrected chi connectivity index (χ3v) is 3.90. The monoisotopic (exact) mass is 269 g/mol. The molecule has 0 aliphatic rings. The van der Waals surface area contributed by atoms with Crippen LogP contribution < -0.4 is 0 Å². The quantitative estimate of drug-likeness (QED) is 0.485. The first-order chi connectivity index (χ1) is 8.97. The van der Waals surface area contributed by atoms with Gasteiger partial charge in [0.1, 0.15) is 5.78 Å². The highest BCUT2D eigenvalue weighted by molar-refractivity contribution is 5.78. The number of nitrogens with zero attached hydrogens (tertiary/aromatic N) is 1. The molecule has 0 bridgehead atoms. The van der Waals surface area contributed by atoms with E-state index in [1.165, 1.54) is 44.9 Å². The third-order valence-electron chi connectivity index (χ3n) is 3.90. The van der Waals surface area contributed by atoms with Crippen LogP contribution in [0.4, 0.5) is 0 Å². The van der Waals surface area contributed by atoms with Gasteiger partial charge in [-0.25, -0.2) is 0 Å². The Morgan fingerprint density at radius 2 is 1.63 bits per heavy atom. The molecule has 0 aromatic carbocycles. The average Bonchev–Trinajstić information content (AvgIpc) is 2.32. The summed E-state index contributed by atoms with van der Waals surface area (Å²) >= 11 is 0. The molecule has 0 saturated carbocycles. The van der Waals surface area contributed by atoms with Crippen molar-refractivity contribution >= 4 is 5.78 Å². The van der Waals surface area contributed by atoms with Crippen molar-refractivity contribution in [3.63, 3.8) is 0 Å². The van der Waals surface area contributed by atoms with Crippen molar-refractivity contribution in [1.82, 2.24) is 4.90 Å². The minimum Gasteiger partial charge on any atom is -0.309 e. The van der Waals surface area contributed by atoms with Gasteiger partial charge in [-0.1, -0.05) is 58.8 Å². The minimum absolute atomic E-state index is 0.227. The maximum Gasteiger partial charge on any atom is 0.134 e. The van der Waals surface area contributed by atoms with Crippen molar-refractivity contribution in [2.75, 3.05) is 20.6 Å². The zero-order chi connectivity index (χ0) is 14.7. The van der Waals surface area contributed by atoms with E-state index in [0.29, 0.717) is 11.7 Å². The van der Waals surface area contributed by atoms with E-state index in [4.69, 9.17) is 0 Å². The van der Waals surface area contributed by atoms with Gasteiger partial charge in [0.2, 0.25) is 0 Å². The van der Waals surface area contributed by atoms with Crippen molar-refractivity contribution in [2.45, 2.75) is 72.1 Å². The van der Waals surface area contributed by atoms with Gasteiger partial charge >= 0.3 is 0 Å². The summed E-state index contributed by atoms with van der Waals surface area (Å²) < 4.78 is 0. The van der Waals surface area contributed by atoms with Crippen LogP contribution in [-0.4, -0.2) is 31.3 Å². The molecule has 2 nitrogen and oxygen atoms in total. The van der Waals surface area contributed by atoms with Crippen LogP contribution in [0.3, 0.4) is 0 Å². The van der Waals surface area contributed by atoms with E-state index in [0.717, 1.165) is 13.0 Å². The van der Waals surface area contributed by atoms with E-state index in [-0.39, 0.29) is 5.92 Å². The zero-order valence-electron chi connectivity index (χ0n) is 13.9. The predicted molar refractivity (Wildman–Crippen MR) is 84.5 cm³/mol. The third kappa shape index (κ3) is 11.2. The Morgan fingerprint density at radius 1 is 1.05 bits per heavy atom. The van der Waals surface area contributed by atoms with Crippen molar-refractivity contribution in [1.29, 1.82) is 0 Å². The molecule has 114 valence electrons. The summed E-state index contributed by atoms with van der Waals surface area (Å²) in [6, 6.07) is 0. The van der Waals surface area contributed by atoms with Crippen LogP contribution in [0, 0.1) is 11.8 Å². The molecule has 2 heteroatoms. The molecule has 0 saturated heterocycles. The fourth-order valence-electron chi connectivity index (χ4n) is 2.69. The van der Waals surface area contributed by atoms with Gasteiger partial charge in [-0.15, -0.1) is 0 Å². The van der Waals surface area contributed by atoms with Crippen LogP contribution in [0.25, 0.3) is 0 Å². The Labute approximate surface area is 120 Å². The first kappa shape index (κ1) is 18.6. The van der Waals surface area contributed by atoms with E-state index < -0.39 is 0 Å². The fraction of sp³-hybridized carbons (Fsp3) is 0.941. The number of Topliss-reactive ketones (excluding diaryl/α,β-unsaturated/α-hetero) is 1. The summed E-state index contributed by atoms with van der Waals surface area (Å²) in [5.41, 5.74) is 0. The summed E-state index contributed by atoms with van der Waals surface area (Å²) in [6.07, 6.45) is 10.5. The molecule has 0 aromatic heterocycles. The number of carbonyl (C=O) groups is 1. The molecule has 0 N–H and O–H groups in total. The topological polar surface area (TPSA) is 20.3 Å². The largest absolute Gasteiger partial charge is 0.309 e. The maximum absolute atomic E-state index is 11.6. The van der Waals surface area contributed by atoms with E-state index in [1.807, 2.05) is 14.1 Å². The Bertz CT molecular complexity index is 225. The number of ketones is 1. The van der Waals surface area contributed by atoms with Gasteiger partial charge in [-0.2, -0.15) is 0 Å². The molecule has 2 unspecified atom stereocenters. The van der Waals surface area contributed by atoms with Gasteiger partial charge < -0.3 is 4.90 Å². The highest BCUT2D eigenvalue weighted by Gasteiger charge is 2.18. The lowest BCUT2D eigenvalue weighted by Gasteiger charge is -2.22. The predicted octanol–water partition coefficient (Wildman–Crippen LogP) is 4.53. The van der Waals surface area contributed by atoms with Crippen LogP contribution in [0.2, 0.25) is 0 Å². The van der Waals surface area contributed by atoms with Crippen molar-refractivity contribution in [3.05, 3.63) is 0 Å².